The molecule has 3 rings (SSSR count). The second-order valence-electron chi connectivity index (χ2n) is 6.13. The Morgan fingerprint density at radius 3 is 2.35 bits per heavy atom. The van der Waals surface area contributed by atoms with E-state index < -0.39 is 0 Å². The number of benzene rings is 2. The summed E-state index contributed by atoms with van der Waals surface area (Å²) in [5.74, 6) is -0.296. The molecule has 1 amide bonds. The van der Waals surface area contributed by atoms with Crippen molar-refractivity contribution in [1.82, 2.24) is 5.32 Å². The zero-order valence-electron chi connectivity index (χ0n) is 14.1. The highest BCUT2D eigenvalue weighted by Gasteiger charge is 2.14. The lowest BCUT2D eigenvalue weighted by atomic mass is 10.1. The van der Waals surface area contributed by atoms with Gasteiger partial charge in [-0.2, -0.15) is 0 Å². The number of carbonyl (C=O) groups is 1. The van der Waals surface area contributed by atoms with Gasteiger partial charge in [-0.3, -0.25) is 10.1 Å². The number of rotatable bonds is 3. The van der Waals surface area contributed by atoms with Gasteiger partial charge in [0.05, 0.1) is 10.7 Å². The smallest absolute Gasteiger partial charge is 0.257 e. The molecule has 1 heterocycles. The topological polar surface area (TPSA) is 44.4 Å². The van der Waals surface area contributed by atoms with E-state index in [1.165, 1.54) is 19.3 Å². The van der Waals surface area contributed by atoms with Crippen LogP contribution < -0.4 is 15.5 Å². The molecule has 0 aliphatic carbocycles. The van der Waals surface area contributed by atoms with E-state index in [-0.39, 0.29) is 11.0 Å². The molecule has 0 radical (unpaired) electrons. The van der Waals surface area contributed by atoms with Crippen LogP contribution in [-0.2, 0) is 0 Å². The molecule has 4 nitrogen and oxygen atoms in total. The van der Waals surface area contributed by atoms with E-state index in [1.54, 1.807) is 24.3 Å². The first-order valence-electron chi connectivity index (χ1n) is 8.45. The van der Waals surface area contributed by atoms with E-state index in [0.29, 0.717) is 15.6 Å². The lowest BCUT2D eigenvalue weighted by Crippen LogP contribution is -2.34. The van der Waals surface area contributed by atoms with Crippen LogP contribution >= 0.6 is 35.4 Å². The van der Waals surface area contributed by atoms with Gasteiger partial charge < -0.3 is 10.2 Å². The lowest BCUT2D eigenvalue weighted by molar-refractivity contribution is 0.0978. The lowest BCUT2D eigenvalue weighted by Gasteiger charge is -2.29. The van der Waals surface area contributed by atoms with E-state index in [9.17, 15) is 4.79 Å². The van der Waals surface area contributed by atoms with E-state index >= 15 is 0 Å². The number of anilines is 2. The molecule has 2 N–H and O–H groups in total. The molecule has 0 saturated carbocycles. The third-order valence-corrected chi connectivity index (χ3v) is 4.99. The van der Waals surface area contributed by atoms with Crippen LogP contribution in [0.25, 0.3) is 0 Å². The number of nitrogens with zero attached hydrogens (tertiary/aromatic N) is 1. The van der Waals surface area contributed by atoms with Crippen molar-refractivity contribution in [1.29, 1.82) is 0 Å². The van der Waals surface area contributed by atoms with Gasteiger partial charge in [0, 0.05) is 29.4 Å². The molecule has 0 aromatic heterocycles. The molecule has 0 bridgehead atoms. The van der Waals surface area contributed by atoms with Crippen LogP contribution in [-0.4, -0.2) is 24.1 Å². The average Bonchev–Trinajstić information content (AvgIpc) is 2.63. The van der Waals surface area contributed by atoms with Crippen molar-refractivity contribution >= 4 is 57.8 Å². The number of halogens is 2. The van der Waals surface area contributed by atoms with E-state index in [2.05, 4.69) is 15.5 Å². The Bertz CT molecular complexity index is 805. The minimum Gasteiger partial charge on any atom is -0.370 e. The highest BCUT2D eigenvalue weighted by Crippen LogP contribution is 2.30. The second kappa shape index (κ2) is 8.71. The molecule has 1 fully saturated rings. The van der Waals surface area contributed by atoms with E-state index in [4.69, 9.17) is 35.4 Å². The summed E-state index contributed by atoms with van der Waals surface area (Å²) in [7, 11) is 0. The highest BCUT2D eigenvalue weighted by atomic mass is 35.5. The maximum absolute atomic E-state index is 12.2. The number of nitrogens with one attached hydrogen (secondary N) is 2. The summed E-state index contributed by atoms with van der Waals surface area (Å²) < 4.78 is 0. The molecule has 1 aliphatic rings. The van der Waals surface area contributed by atoms with E-state index in [0.717, 1.165) is 24.5 Å². The molecule has 2 aromatic rings. The molecule has 136 valence electrons. The van der Waals surface area contributed by atoms with Gasteiger partial charge in [-0.05, 0) is 73.9 Å². The summed E-state index contributed by atoms with van der Waals surface area (Å²) in [6.07, 6.45) is 3.66. The van der Waals surface area contributed by atoms with Crippen molar-refractivity contribution < 1.29 is 4.79 Å². The van der Waals surface area contributed by atoms with Crippen molar-refractivity contribution in [3.63, 3.8) is 0 Å². The van der Waals surface area contributed by atoms with Gasteiger partial charge in [0.2, 0.25) is 0 Å². The van der Waals surface area contributed by atoms with Gasteiger partial charge >= 0.3 is 0 Å². The predicted molar refractivity (Wildman–Crippen MR) is 113 cm³/mol. The molecule has 1 saturated heterocycles. The largest absolute Gasteiger partial charge is 0.370 e. The molecular weight excluding hydrogens is 389 g/mol. The predicted octanol–water partition coefficient (Wildman–Crippen LogP) is 5.11. The summed E-state index contributed by atoms with van der Waals surface area (Å²) >= 11 is 17.5. The SMILES string of the molecule is O=C(NC(=S)Nc1ccc(N2CCCCC2)c(Cl)c1)c1ccc(Cl)cc1. The Morgan fingerprint density at radius 2 is 1.69 bits per heavy atom. The number of piperidine rings is 1. The fraction of sp³-hybridized carbons (Fsp3) is 0.263. The third-order valence-electron chi connectivity index (χ3n) is 4.24. The molecule has 26 heavy (non-hydrogen) atoms. The van der Waals surface area contributed by atoms with Gasteiger partial charge in [-0.25, -0.2) is 0 Å². The quantitative estimate of drug-likeness (QED) is 0.693. The van der Waals surface area contributed by atoms with Gasteiger partial charge in [-0.15, -0.1) is 0 Å². The number of hydrogen-bond acceptors (Lipinski definition) is 3. The standard InChI is InChI=1S/C19H19Cl2N3OS/c20-14-6-4-13(5-7-14)18(25)23-19(26)22-15-8-9-17(16(21)12-15)24-10-2-1-3-11-24/h4-9,12H,1-3,10-11H2,(H2,22,23,25,26). The van der Waals surface area contributed by atoms with Crippen LogP contribution in [0.1, 0.15) is 29.6 Å². The minimum atomic E-state index is -0.296. The monoisotopic (exact) mass is 407 g/mol. The van der Waals surface area contributed by atoms with Gasteiger partial charge in [0.1, 0.15) is 0 Å². The zero-order chi connectivity index (χ0) is 18.5. The Morgan fingerprint density at radius 1 is 1.00 bits per heavy atom. The Hall–Kier alpha value is -1.82. The highest BCUT2D eigenvalue weighted by molar-refractivity contribution is 7.80. The third kappa shape index (κ3) is 4.87. The normalized spacial score (nSPS) is 14.0. The van der Waals surface area contributed by atoms with E-state index in [1.807, 2.05) is 18.2 Å². The van der Waals surface area contributed by atoms with Crippen LogP contribution in [0.3, 0.4) is 0 Å². The van der Waals surface area contributed by atoms with Crippen molar-refractivity contribution in [2.75, 3.05) is 23.3 Å². The fourth-order valence-corrected chi connectivity index (χ4v) is 3.55. The number of amides is 1. The van der Waals surface area contributed by atoms with Gasteiger partial charge in [0.25, 0.3) is 5.91 Å². The van der Waals surface area contributed by atoms with Crippen LogP contribution in [0.2, 0.25) is 10.0 Å². The molecular formula is C19H19Cl2N3OS. The molecule has 0 spiro atoms. The van der Waals surface area contributed by atoms with Crippen molar-refractivity contribution in [2.45, 2.75) is 19.3 Å². The zero-order valence-corrected chi connectivity index (χ0v) is 16.4. The Labute approximate surface area is 168 Å². The summed E-state index contributed by atoms with van der Waals surface area (Å²) in [6.45, 7) is 2.06. The number of hydrogen-bond donors (Lipinski definition) is 2. The summed E-state index contributed by atoms with van der Waals surface area (Å²) in [5.41, 5.74) is 2.25. The maximum Gasteiger partial charge on any atom is 0.257 e. The minimum absolute atomic E-state index is 0.215. The average molecular weight is 408 g/mol. The number of carbonyl (C=O) groups excluding carboxylic acids is 1. The van der Waals surface area contributed by atoms with Crippen LogP contribution in [0.4, 0.5) is 11.4 Å². The molecule has 1 aliphatic heterocycles. The molecule has 0 atom stereocenters. The second-order valence-corrected chi connectivity index (χ2v) is 7.38. The first-order chi connectivity index (χ1) is 12.5. The summed E-state index contributed by atoms with van der Waals surface area (Å²) in [4.78, 5) is 14.5. The Balaban J connectivity index is 1.61. The Kier molecular flexibility index (Phi) is 6.35. The van der Waals surface area contributed by atoms with Crippen molar-refractivity contribution in [3.05, 3.63) is 58.1 Å². The van der Waals surface area contributed by atoms with Crippen molar-refractivity contribution in [3.8, 4) is 0 Å². The summed E-state index contributed by atoms with van der Waals surface area (Å²) in [5, 5.41) is 7.10. The van der Waals surface area contributed by atoms with Gasteiger partial charge in [-0.1, -0.05) is 23.2 Å². The first-order valence-corrected chi connectivity index (χ1v) is 9.62. The maximum atomic E-state index is 12.2. The fourth-order valence-electron chi connectivity index (χ4n) is 2.91. The molecule has 0 unspecified atom stereocenters. The van der Waals surface area contributed by atoms with Crippen molar-refractivity contribution in [2.24, 2.45) is 0 Å². The van der Waals surface area contributed by atoms with Crippen LogP contribution in [0.5, 0.6) is 0 Å². The van der Waals surface area contributed by atoms with Crippen LogP contribution in [0, 0.1) is 0 Å². The number of thiocarbonyl (C=S) groups is 1. The van der Waals surface area contributed by atoms with Gasteiger partial charge in [0.15, 0.2) is 5.11 Å². The molecule has 2 aromatic carbocycles. The first kappa shape index (κ1) is 19.0. The van der Waals surface area contributed by atoms with Crippen LogP contribution in [0.15, 0.2) is 42.5 Å². The molecule has 7 heteroatoms. The summed E-state index contributed by atoms with van der Waals surface area (Å²) in [6, 6.07) is 12.3.